The third kappa shape index (κ3) is 4.91. The van der Waals surface area contributed by atoms with Gasteiger partial charge in [0.25, 0.3) is 5.91 Å². The SMILES string of the molecule is O=C(O)CC1CN(C(=O)COc2ccc(Cl)cc2)CCO1. The Morgan fingerprint density at radius 2 is 2.10 bits per heavy atom. The molecule has 1 N–H and O–H groups in total. The number of aliphatic carboxylic acids is 1. The number of carbonyl (C=O) groups is 2. The lowest BCUT2D eigenvalue weighted by atomic mass is 10.2. The molecular formula is C14H16ClNO5. The summed E-state index contributed by atoms with van der Waals surface area (Å²) in [4.78, 5) is 24.3. The van der Waals surface area contributed by atoms with E-state index in [4.69, 9.17) is 26.2 Å². The van der Waals surface area contributed by atoms with Crippen molar-refractivity contribution >= 4 is 23.5 Å². The molecule has 0 saturated carbocycles. The number of halogens is 1. The summed E-state index contributed by atoms with van der Waals surface area (Å²) >= 11 is 5.76. The number of morpholine rings is 1. The minimum absolute atomic E-state index is 0.0958. The maximum absolute atomic E-state index is 12.0. The molecule has 1 heterocycles. The Balaban J connectivity index is 1.82. The molecule has 1 aliphatic heterocycles. The Kier molecular flexibility index (Phi) is 5.41. The van der Waals surface area contributed by atoms with Crippen molar-refractivity contribution in [2.75, 3.05) is 26.3 Å². The quantitative estimate of drug-likeness (QED) is 0.889. The van der Waals surface area contributed by atoms with Gasteiger partial charge in [-0.15, -0.1) is 0 Å². The van der Waals surface area contributed by atoms with Gasteiger partial charge in [0.1, 0.15) is 5.75 Å². The molecule has 114 valence electrons. The first kappa shape index (κ1) is 15.6. The molecule has 0 aliphatic carbocycles. The van der Waals surface area contributed by atoms with E-state index in [0.29, 0.717) is 23.9 Å². The number of amides is 1. The number of rotatable bonds is 5. The summed E-state index contributed by atoms with van der Waals surface area (Å²) in [5.74, 6) is -0.571. The Labute approximate surface area is 127 Å². The molecule has 1 aromatic carbocycles. The Bertz CT molecular complexity index is 505. The molecule has 0 bridgehead atoms. The predicted molar refractivity (Wildman–Crippen MR) is 75.5 cm³/mol. The molecule has 7 heteroatoms. The van der Waals surface area contributed by atoms with Crippen LogP contribution in [0.4, 0.5) is 0 Å². The van der Waals surface area contributed by atoms with E-state index in [1.807, 2.05) is 0 Å². The summed E-state index contributed by atoms with van der Waals surface area (Å²) in [6.45, 7) is 0.958. The normalized spacial score (nSPS) is 18.3. The number of nitrogens with zero attached hydrogens (tertiary/aromatic N) is 1. The van der Waals surface area contributed by atoms with Crippen molar-refractivity contribution in [3.63, 3.8) is 0 Å². The molecular weight excluding hydrogens is 298 g/mol. The van der Waals surface area contributed by atoms with Crippen LogP contribution >= 0.6 is 11.6 Å². The molecule has 1 amide bonds. The van der Waals surface area contributed by atoms with Gasteiger partial charge >= 0.3 is 5.97 Å². The van der Waals surface area contributed by atoms with Gasteiger partial charge in [0, 0.05) is 18.1 Å². The maximum Gasteiger partial charge on any atom is 0.306 e. The molecule has 0 aromatic heterocycles. The molecule has 21 heavy (non-hydrogen) atoms. The van der Waals surface area contributed by atoms with E-state index in [0.717, 1.165) is 0 Å². The average Bonchev–Trinajstić information content (AvgIpc) is 2.46. The Morgan fingerprint density at radius 3 is 2.76 bits per heavy atom. The van der Waals surface area contributed by atoms with Crippen LogP contribution in [0.2, 0.25) is 5.02 Å². The molecule has 1 fully saturated rings. The van der Waals surface area contributed by atoms with Gasteiger partial charge in [0.15, 0.2) is 6.61 Å². The number of carboxylic acid groups (broad SMARTS) is 1. The van der Waals surface area contributed by atoms with Crippen LogP contribution in [-0.2, 0) is 14.3 Å². The van der Waals surface area contributed by atoms with Crippen molar-refractivity contribution in [3.05, 3.63) is 29.3 Å². The van der Waals surface area contributed by atoms with E-state index < -0.39 is 12.1 Å². The second kappa shape index (κ2) is 7.28. The van der Waals surface area contributed by atoms with Gasteiger partial charge in [-0.3, -0.25) is 9.59 Å². The van der Waals surface area contributed by atoms with Crippen molar-refractivity contribution in [1.82, 2.24) is 4.90 Å². The second-order valence-electron chi connectivity index (χ2n) is 4.67. The van der Waals surface area contributed by atoms with Crippen molar-refractivity contribution in [3.8, 4) is 5.75 Å². The first-order valence-electron chi connectivity index (χ1n) is 6.54. The molecule has 1 unspecified atom stereocenters. The zero-order valence-corrected chi connectivity index (χ0v) is 12.1. The molecule has 0 radical (unpaired) electrons. The van der Waals surface area contributed by atoms with E-state index in [9.17, 15) is 9.59 Å². The summed E-state index contributed by atoms with van der Waals surface area (Å²) < 4.78 is 10.7. The number of ether oxygens (including phenoxy) is 2. The molecule has 1 aromatic rings. The zero-order chi connectivity index (χ0) is 15.2. The highest BCUT2D eigenvalue weighted by atomic mass is 35.5. The van der Waals surface area contributed by atoms with Crippen LogP contribution in [0.3, 0.4) is 0 Å². The van der Waals surface area contributed by atoms with Crippen LogP contribution in [0, 0.1) is 0 Å². The van der Waals surface area contributed by atoms with Gasteiger partial charge in [-0.25, -0.2) is 0 Å². The molecule has 6 nitrogen and oxygen atoms in total. The fourth-order valence-electron chi connectivity index (χ4n) is 2.03. The lowest BCUT2D eigenvalue weighted by Gasteiger charge is -2.32. The van der Waals surface area contributed by atoms with Crippen LogP contribution < -0.4 is 4.74 Å². The van der Waals surface area contributed by atoms with E-state index in [2.05, 4.69) is 0 Å². The van der Waals surface area contributed by atoms with Gasteiger partial charge in [0.05, 0.1) is 19.1 Å². The average molecular weight is 314 g/mol. The van der Waals surface area contributed by atoms with Gasteiger partial charge in [0.2, 0.25) is 0 Å². The minimum atomic E-state index is -0.938. The van der Waals surface area contributed by atoms with E-state index >= 15 is 0 Å². The van der Waals surface area contributed by atoms with Crippen LogP contribution in [0.15, 0.2) is 24.3 Å². The topological polar surface area (TPSA) is 76.1 Å². The molecule has 2 rings (SSSR count). The lowest BCUT2D eigenvalue weighted by Crippen LogP contribution is -2.47. The molecule has 1 saturated heterocycles. The summed E-state index contributed by atoms with van der Waals surface area (Å²) in [7, 11) is 0. The summed E-state index contributed by atoms with van der Waals surface area (Å²) in [6, 6.07) is 6.72. The lowest BCUT2D eigenvalue weighted by molar-refractivity contribution is -0.148. The second-order valence-corrected chi connectivity index (χ2v) is 5.11. The van der Waals surface area contributed by atoms with Crippen molar-refractivity contribution < 1.29 is 24.2 Å². The standard InChI is InChI=1S/C14H16ClNO5/c15-10-1-3-11(4-2-10)21-9-13(17)16-5-6-20-12(8-16)7-14(18)19/h1-4,12H,5-9H2,(H,18,19). The largest absolute Gasteiger partial charge is 0.484 e. The third-order valence-electron chi connectivity index (χ3n) is 3.07. The molecule has 0 spiro atoms. The first-order valence-corrected chi connectivity index (χ1v) is 6.92. The highest BCUT2D eigenvalue weighted by molar-refractivity contribution is 6.30. The highest BCUT2D eigenvalue weighted by Gasteiger charge is 2.26. The van der Waals surface area contributed by atoms with E-state index in [-0.39, 0.29) is 25.5 Å². The minimum Gasteiger partial charge on any atom is -0.484 e. The van der Waals surface area contributed by atoms with Gasteiger partial charge in [-0.1, -0.05) is 11.6 Å². The monoisotopic (exact) mass is 313 g/mol. The summed E-state index contributed by atoms with van der Waals surface area (Å²) in [5.41, 5.74) is 0. The van der Waals surface area contributed by atoms with Crippen LogP contribution in [0.5, 0.6) is 5.75 Å². The van der Waals surface area contributed by atoms with Crippen molar-refractivity contribution in [2.45, 2.75) is 12.5 Å². The fraction of sp³-hybridized carbons (Fsp3) is 0.429. The van der Waals surface area contributed by atoms with Crippen LogP contribution in [0.1, 0.15) is 6.42 Å². The number of hydrogen-bond acceptors (Lipinski definition) is 4. The molecule has 1 atom stereocenters. The number of hydrogen-bond donors (Lipinski definition) is 1. The third-order valence-corrected chi connectivity index (χ3v) is 3.32. The summed E-state index contributed by atoms with van der Waals surface area (Å²) in [5, 5.41) is 9.34. The maximum atomic E-state index is 12.0. The van der Waals surface area contributed by atoms with Crippen molar-refractivity contribution in [1.29, 1.82) is 0 Å². The predicted octanol–water partition coefficient (Wildman–Crippen LogP) is 1.42. The van der Waals surface area contributed by atoms with Gasteiger partial charge in [-0.05, 0) is 24.3 Å². The number of benzene rings is 1. The summed E-state index contributed by atoms with van der Waals surface area (Å²) in [6.07, 6.45) is -0.572. The van der Waals surface area contributed by atoms with E-state index in [1.54, 1.807) is 29.2 Å². The van der Waals surface area contributed by atoms with Gasteiger partial charge in [-0.2, -0.15) is 0 Å². The Morgan fingerprint density at radius 1 is 1.38 bits per heavy atom. The van der Waals surface area contributed by atoms with Crippen LogP contribution in [-0.4, -0.2) is 54.3 Å². The van der Waals surface area contributed by atoms with E-state index in [1.165, 1.54) is 0 Å². The fourth-order valence-corrected chi connectivity index (χ4v) is 2.16. The van der Waals surface area contributed by atoms with Gasteiger partial charge < -0.3 is 19.5 Å². The van der Waals surface area contributed by atoms with Crippen molar-refractivity contribution in [2.24, 2.45) is 0 Å². The van der Waals surface area contributed by atoms with Crippen LogP contribution in [0.25, 0.3) is 0 Å². The smallest absolute Gasteiger partial charge is 0.306 e. The number of carboxylic acids is 1. The first-order chi connectivity index (χ1) is 10.0. The zero-order valence-electron chi connectivity index (χ0n) is 11.3. The highest BCUT2D eigenvalue weighted by Crippen LogP contribution is 2.16. The molecule has 1 aliphatic rings. The number of carbonyl (C=O) groups excluding carboxylic acids is 1. The Hall–Kier alpha value is -1.79.